The first kappa shape index (κ1) is 34.9. The van der Waals surface area contributed by atoms with E-state index in [1.54, 1.807) is 0 Å². The van der Waals surface area contributed by atoms with Gasteiger partial charge in [-0.15, -0.1) is 0 Å². The van der Waals surface area contributed by atoms with E-state index in [0.717, 1.165) is 0 Å². The molecule has 0 saturated carbocycles. The molecule has 5 unspecified atom stereocenters. The van der Waals surface area contributed by atoms with Crippen LogP contribution in [0.1, 0.15) is 0 Å². The third kappa shape index (κ3) is 11.8. The van der Waals surface area contributed by atoms with E-state index < -0.39 is 36.5 Å². The maximum atomic E-state index is 9.18. The van der Waals surface area contributed by atoms with Gasteiger partial charge in [-0.1, -0.05) is 0 Å². The van der Waals surface area contributed by atoms with Crippen LogP contribution in [0, 0.1) is 176 Å². The fourth-order valence-corrected chi connectivity index (χ4v) is 1.37. The van der Waals surface area contributed by atoms with Crippen LogP contribution in [0.5, 0.6) is 0 Å². The molecule has 0 bridgehead atoms. The molecule has 1 saturated heterocycles. The average molecular weight is 1300 g/mol. The maximum absolute atomic E-state index is 9.18. The molecule has 1 aliphatic heterocycles. The van der Waals surface area contributed by atoms with E-state index in [2.05, 4.69) is 12.6 Å². The van der Waals surface area contributed by atoms with E-state index >= 15 is 0 Å². The van der Waals surface area contributed by atoms with Gasteiger partial charge >= 0.3 is 22.4 Å². The Morgan fingerprint density at radius 3 is 1.65 bits per heavy atom. The smallest absolute Gasteiger partial charge is 0.759 e. The number of hydrogen-bond acceptors (Lipinski definition) is 6. The summed E-state index contributed by atoms with van der Waals surface area (Å²) in [7, 11) is 0. The molecule has 5 atom stereocenters. The fourth-order valence-electron chi connectivity index (χ4n) is 1.07. The first-order valence-electron chi connectivity index (χ1n) is 3.54. The first-order valence-corrected chi connectivity index (χ1v) is 4.01. The van der Waals surface area contributed by atoms with Gasteiger partial charge < -0.3 is 37.8 Å². The SMILES string of the molecule is OCC1OC([S-])C(O)C(O)C1O.[Ac].[Ac].[Ac].[Ac].[Au+]. The Labute approximate surface area is 265 Å². The van der Waals surface area contributed by atoms with Crippen LogP contribution < -0.4 is 0 Å². The van der Waals surface area contributed by atoms with Crippen LogP contribution in [0.4, 0.5) is 0 Å². The molecule has 1 rings (SSSR count). The van der Waals surface area contributed by atoms with Crippen molar-refractivity contribution in [2.45, 2.75) is 29.9 Å². The van der Waals surface area contributed by atoms with E-state index in [1.807, 2.05) is 0 Å². The normalized spacial score (nSPS) is 34.8. The Balaban J connectivity index is -0.0000000960. The predicted octanol–water partition coefficient (Wildman–Crippen LogP) is -2.67. The summed E-state index contributed by atoms with van der Waals surface area (Å²) >= 11 is 4.63. The van der Waals surface area contributed by atoms with Gasteiger partial charge in [0.15, 0.2) is 0 Å². The van der Waals surface area contributed by atoms with Crippen molar-refractivity contribution in [3.63, 3.8) is 0 Å². The van der Waals surface area contributed by atoms with Gasteiger partial charge in [-0.25, -0.2) is 0 Å². The van der Waals surface area contributed by atoms with Gasteiger partial charge in [-0.2, -0.15) is 0 Å². The Hall–Kier alpha value is 6.66. The van der Waals surface area contributed by atoms with Crippen LogP contribution in [0.25, 0.3) is 0 Å². The van der Waals surface area contributed by atoms with E-state index in [-0.39, 0.29) is 199 Å². The summed E-state index contributed by atoms with van der Waals surface area (Å²) in [6.45, 7) is -0.432. The minimum atomic E-state index is -1.35. The molecule has 4 radical (unpaired) electrons. The summed E-state index contributed by atoms with van der Waals surface area (Å²) in [5, 5.41) is 36.1. The van der Waals surface area contributed by atoms with Crippen LogP contribution in [-0.2, 0) is 39.7 Å². The zero-order valence-corrected chi connectivity index (χ0v) is 30.8. The standard InChI is InChI=1S/C6H12O5S.4Ac.Au/c7-1-2-3(8)4(9)5(10)6(12)11-2;;;;;/h2-10,12H,1H2;;;;;/q;;;;;+1/p-1. The van der Waals surface area contributed by atoms with Crippen molar-refractivity contribution in [1.82, 2.24) is 0 Å². The summed E-state index contributed by atoms with van der Waals surface area (Å²) in [5.41, 5.74) is -0.986. The monoisotopic (exact) mass is 1300 g/mol. The van der Waals surface area contributed by atoms with Crippen molar-refractivity contribution in [3.8, 4) is 0 Å². The van der Waals surface area contributed by atoms with Gasteiger partial charge in [-0.3, -0.25) is 0 Å². The van der Waals surface area contributed by atoms with Gasteiger partial charge in [0, 0.05) is 176 Å². The van der Waals surface area contributed by atoms with Gasteiger partial charge in [0.2, 0.25) is 0 Å². The summed E-state index contributed by atoms with van der Waals surface area (Å²) in [6, 6.07) is 0. The number of aliphatic hydroxyl groups excluding tert-OH is 4. The van der Waals surface area contributed by atoms with Crippen LogP contribution in [0.3, 0.4) is 0 Å². The molecule has 0 aliphatic carbocycles. The molecule has 17 heavy (non-hydrogen) atoms. The van der Waals surface area contributed by atoms with Crippen molar-refractivity contribution >= 4 is 12.6 Å². The van der Waals surface area contributed by atoms with Crippen LogP contribution >= 0.6 is 0 Å². The van der Waals surface area contributed by atoms with Crippen LogP contribution in [-0.4, -0.2) is 56.9 Å². The minimum absolute atomic E-state index is 0. The van der Waals surface area contributed by atoms with E-state index in [0.29, 0.717) is 0 Å². The Kier molecular flexibility index (Phi) is 39.0. The molecule has 4 N–H and O–H groups in total. The number of ether oxygens (including phenoxy) is 1. The largest absolute Gasteiger partial charge is 1.00 e. The number of aliphatic hydroxyl groups is 4. The molecule has 5 nitrogen and oxygen atoms in total. The second-order valence-electron chi connectivity index (χ2n) is 2.70. The molecule has 0 spiro atoms. The summed E-state index contributed by atoms with van der Waals surface area (Å²) < 4.78 is 4.84. The van der Waals surface area contributed by atoms with Crippen molar-refractivity contribution in [3.05, 3.63) is 0 Å². The minimum Gasteiger partial charge on any atom is -0.759 e. The number of hydrogen-bond donors (Lipinski definition) is 4. The van der Waals surface area contributed by atoms with Gasteiger partial charge in [-0.05, 0) is 5.44 Å². The molecular weight excluding hydrogens is 1290 g/mol. The number of rotatable bonds is 1. The molecule has 94 valence electrons. The zero-order chi connectivity index (χ0) is 9.30. The van der Waals surface area contributed by atoms with Crippen molar-refractivity contribution in [1.29, 1.82) is 0 Å². The Bertz CT molecular complexity index is 169. The molecule has 0 amide bonds. The van der Waals surface area contributed by atoms with E-state index in [1.165, 1.54) is 0 Å². The molecule has 0 aromatic carbocycles. The van der Waals surface area contributed by atoms with Crippen LogP contribution in [0.15, 0.2) is 0 Å². The predicted molar refractivity (Wildman–Crippen MR) is 41.1 cm³/mol. The first-order chi connectivity index (χ1) is 5.57. The maximum Gasteiger partial charge on any atom is 1.00 e. The average Bonchev–Trinajstić information content (AvgIpc) is 2.08. The van der Waals surface area contributed by atoms with E-state index in [9.17, 15) is 5.11 Å². The summed E-state index contributed by atoms with van der Waals surface area (Å²) in [4.78, 5) is 0. The van der Waals surface area contributed by atoms with Crippen molar-refractivity contribution in [2.24, 2.45) is 0 Å². The quantitative estimate of drug-likeness (QED) is 0.170. The topological polar surface area (TPSA) is 90.2 Å². The molecular formula is C6H11Ac4AuO5S. The van der Waals surface area contributed by atoms with Crippen molar-refractivity contribution < 1.29 is 224 Å². The second-order valence-corrected chi connectivity index (χ2v) is 3.16. The third-order valence-corrected chi connectivity index (χ3v) is 2.24. The van der Waals surface area contributed by atoms with Crippen LogP contribution in [0.2, 0.25) is 0 Å². The Morgan fingerprint density at radius 1 is 0.882 bits per heavy atom. The van der Waals surface area contributed by atoms with E-state index in [4.69, 9.17) is 20.1 Å². The van der Waals surface area contributed by atoms with Gasteiger partial charge in [0.1, 0.15) is 18.3 Å². The molecule has 1 aliphatic rings. The third-order valence-electron chi connectivity index (χ3n) is 1.85. The molecule has 11 heteroatoms. The molecule has 0 aromatic heterocycles. The fraction of sp³-hybridized carbons (Fsp3) is 1.00. The molecule has 0 aromatic rings. The molecule has 1 fully saturated rings. The molecule has 1 heterocycles. The zero-order valence-electron chi connectivity index (χ0n) is 8.81. The Morgan fingerprint density at radius 2 is 1.29 bits per heavy atom. The summed E-state index contributed by atoms with van der Waals surface area (Å²) in [5.74, 6) is 0. The second kappa shape index (κ2) is 19.0. The van der Waals surface area contributed by atoms with Crippen molar-refractivity contribution in [2.75, 3.05) is 6.61 Å². The van der Waals surface area contributed by atoms with Gasteiger partial charge in [0.05, 0.1) is 12.7 Å². The van der Waals surface area contributed by atoms with Gasteiger partial charge in [0.25, 0.3) is 0 Å². The summed E-state index contributed by atoms with van der Waals surface area (Å²) in [6.07, 6.45) is -4.83.